The van der Waals surface area contributed by atoms with Crippen LogP contribution in [0.25, 0.3) is 0 Å². The highest BCUT2D eigenvalue weighted by molar-refractivity contribution is 7.47. The highest BCUT2D eigenvalue weighted by Gasteiger charge is 2.26. The first-order valence-electron chi connectivity index (χ1n) is 23.5. The number of unbranched alkanes of at least 4 members (excludes halogenated alkanes) is 25. The molecule has 9 nitrogen and oxygen atoms in total. The number of esters is 1. The molecule has 3 atom stereocenters. The van der Waals surface area contributed by atoms with E-state index in [1.165, 1.54) is 128 Å². The van der Waals surface area contributed by atoms with Gasteiger partial charge >= 0.3 is 13.8 Å². The van der Waals surface area contributed by atoms with Gasteiger partial charge in [-0.15, -0.1) is 0 Å². The van der Waals surface area contributed by atoms with Crippen molar-refractivity contribution < 1.29 is 43.0 Å². The van der Waals surface area contributed by atoms with Crippen LogP contribution in [0.15, 0.2) is 36.5 Å². The molecule has 0 amide bonds. The van der Waals surface area contributed by atoms with Gasteiger partial charge in [0.25, 0.3) is 0 Å². The Morgan fingerprint density at radius 3 is 1.46 bits per heavy atom. The van der Waals surface area contributed by atoms with E-state index in [-0.39, 0.29) is 19.6 Å². The highest BCUT2D eigenvalue weighted by atomic mass is 31.2. The summed E-state index contributed by atoms with van der Waals surface area (Å²) in [6.45, 7) is 3.49. The van der Waals surface area contributed by atoms with E-state index in [1.54, 1.807) is 0 Å². The van der Waals surface area contributed by atoms with Crippen LogP contribution >= 0.6 is 7.82 Å². The number of phosphoric ester groups is 1. The van der Waals surface area contributed by atoms with Crippen molar-refractivity contribution in [2.24, 2.45) is 0 Å². The Bertz CT molecular complexity index is 986. The first-order chi connectivity index (χ1) is 27.8. The van der Waals surface area contributed by atoms with Gasteiger partial charge in [-0.3, -0.25) is 13.8 Å². The van der Waals surface area contributed by atoms with Crippen molar-refractivity contribution >= 4 is 13.8 Å². The second kappa shape index (κ2) is 44.2. The predicted molar refractivity (Wildman–Crippen MR) is 237 cm³/mol. The van der Waals surface area contributed by atoms with Crippen LogP contribution in [-0.4, -0.2) is 66.3 Å². The molecule has 0 heterocycles. The Morgan fingerprint density at radius 2 is 0.947 bits per heavy atom. The minimum Gasteiger partial charge on any atom is -0.457 e. The molecule has 336 valence electrons. The molecule has 0 saturated heterocycles. The fourth-order valence-corrected chi connectivity index (χ4v) is 7.23. The first-order valence-corrected chi connectivity index (χ1v) is 25.0. The Kier molecular flexibility index (Phi) is 43.2. The number of aliphatic hydroxyl groups excluding tert-OH is 2. The predicted octanol–water partition coefficient (Wildman–Crippen LogP) is 13.2. The monoisotopic (exact) mass is 829 g/mol. The average Bonchev–Trinajstić information content (AvgIpc) is 3.20. The lowest BCUT2D eigenvalue weighted by Crippen LogP contribution is -2.29. The van der Waals surface area contributed by atoms with Crippen LogP contribution in [0.5, 0.6) is 0 Å². The van der Waals surface area contributed by atoms with E-state index >= 15 is 0 Å². The molecule has 0 aromatic heterocycles. The number of carbonyl (C=O) groups excluding carboxylic acids is 1. The Morgan fingerprint density at radius 1 is 0.544 bits per heavy atom. The van der Waals surface area contributed by atoms with Crippen LogP contribution in [0, 0.1) is 0 Å². The van der Waals surface area contributed by atoms with Crippen molar-refractivity contribution in [3.05, 3.63) is 36.5 Å². The minimum atomic E-state index is -4.52. The molecular weight excluding hydrogens is 739 g/mol. The fraction of sp³-hybridized carbons (Fsp3) is 0.851. The second-order valence-electron chi connectivity index (χ2n) is 15.8. The maximum absolute atomic E-state index is 12.6. The van der Waals surface area contributed by atoms with Crippen molar-refractivity contribution in [3.8, 4) is 0 Å². The first kappa shape index (κ1) is 55.7. The molecule has 10 heteroatoms. The summed E-state index contributed by atoms with van der Waals surface area (Å²) in [6.07, 6.45) is 48.3. The lowest BCUT2D eigenvalue weighted by Gasteiger charge is -2.20. The van der Waals surface area contributed by atoms with Gasteiger partial charge in [0.05, 0.1) is 26.4 Å². The van der Waals surface area contributed by atoms with Gasteiger partial charge in [0.1, 0.15) is 12.2 Å². The van der Waals surface area contributed by atoms with Crippen molar-refractivity contribution in [1.82, 2.24) is 0 Å². The lowest BCUT2D eigenvalue weighted by atomic mass is 10.0. The van der Waals surface area contributed by atoms with Crippen LogP contribution in [0.2, 0.25) is 0 Å². The summed E-state index contributed by atoms with van der Waals surface area (Å²) in [7, 11) is -4.52. The topological polar surface area (TPSA) is 132 Å². The fourth-order valence-electron chi connectivity index (χ4n) is 6.44. The third kappa shape index (κ3) is 44.1. The maximum atomic E-state index is 12.6. The number of allylic oxidation sites excluding steroid dienone is 6. The second-order valence-corrected chi connectivity index (χ2v) is 17.2. The number of ether oxygens (including phenoxy) is 2. The summed E-state index contributed by atoms with van der Waals surface area (Å²) >= 11 is 0. The molecule has 0 spiro atoms. The van der Waals surface area contributed by atoms with Gasteiger partial charge in [0.15, 0.2) is 0 Å². The quantitative estimate of drug-likeness (QED) is 0.0237. The zero-order valence-electron chi connectivity index (χ0n) is 36.8. The molecule has 0 bridgehead atoms. The van der Waals surface area contributed by atoms with E-state index in [4.69, 9.17) is 23.6 Å². The van der Waals surface area contributed by atoms with Crippen molar-refractivity contribution in [2.45, 2.75) is 225 Å². The molecule has 0 aliphatic carbocycles. The van der Waals surface area contributed by atoms with E-state index in [0.29, 0.717) is 6.61 Å². The Hall–Kier alpha value is -1.32. The van der Waals surface area contributed by atoms with E-state index in [2.05, 4.69) is 50.3 Å². The molecule has 0 fully saturated rings. The standard InChI is InChI=1S/C47H89O9P/c1-3-5-7-9-11-13-15-17-18-19-20-21-22-23-24-25-26-27-28-30-32-34-36-38-40-53-43-46(44-55-57(51,52)54-42-45(49)41-48)56-47(50)39-37-35-33-31-29-16-14-12-10-8-6-4-2/h12,14-15,17,19-20,45-46,48-49H,3-11,13,16,18,21-44H2,1-2H3,(H,51,52)/b14-12-,17-15-,20-19-. The lowest BCUT2D eigenvalue weighted by molar-refractivity contribution is -0.154. The molecule has 0 aromatic carbocycles. The normalized spacial score (nSPS) is 14.3. The van der Waals surface area contributed by atoms with E-state index in [9.17, 15) is 19.4 Å². The van der Waals surface area contributed by atoms with Crippen molar-refractivity contribution in [3.63, 3.8) is 0 Å². The SMILES string of the molecule is CCCCC/C=C\CCCCCCCC(=O)OC(COCCCCCCCCCCCCCC/C=C\C/C=C\CCCCCCC)COP(=O)(O)OCC(O)CO. The van der Waals surface area contributed by atoms with Crippen molar-refractivity contribution in [1.29, 1.82) is 0 Å². The summed E-state index contributed by atoms with van der Waals surface area (Å²) in [5, 5.41) is 18.4. The molecular formula is C47H89O9P. The van der Waals surface area contributed by atoms with E-state index in [1.807, 2.05) is 0 Å². The number of phosphoric acid groups is 1. The largest absolute Gasteiger partial charge is 0.472 e. The van der Waals surface area contributed by atoms with Crippen LogP contribution in [0.1, 0.15) is 213 Å². The summed E-state index contributed by atoms with van der Waals surface area (Å²) in [4.78, 5) is 22.6. The molecule has 0 aliphatic heterocycles. The number of hydrogen-bond acceptors (Lipinski definition) is 8. The molecule has 0 rings (SSSR count). The van der Waals surface area contributed by atoms with E-state index in [0.717, 1.165) is 64.2 Å². The average molecular weight is 829 g/mol. The summed E-state index contributed by atoms with van der Waals surface area (Å²) in [5.41, 5.74) is 0. The van der Waals surface area contributed by atoms with Gasteiger partial charge in [-0.05, 0) is 70.6 Å². The number of carbonyl (C=O) groups is 1. The smallest absolute Gasteiger partial charge is 0.457 e. The maximum Gasteiger partial charge on any atom is 0.472 e. The van der Waals surface area contributed by atoms with E-state index < -0.39 is 39.2 Å². The Balaban J connectivity index is 4.03. The Labute approximate surface area is 350 Å². The van der Waals surface area contributed by atoms with Crippen LogP contribution in [0.4, 0.5) is 0 Å². The summed E-state index contributed by atoms with van der Waals surface area (Å²) in [5.74, 6) is -0.392. The number of aliphatic hydroxyl groups is 2. The van der Waals surface area contributed by atoms with Gasteiger partial charge in [0, 0.05) is 13.0 Å². The molecule has 57 heavy (non-hydrogen) atoms. The van der Waals surface area contributed by atoms with Gasteiger partial charge < -0.3 is 24.6 Å². The van der Waals surface area contributed by atoms with Crippen LogP contribution in [-0.2, 0) is 27.9 Å². The zero-order chi connectivity index (χ0) is 41.8. The molecule has 0 aromatic rings. The highest BCUT2D eigenvalue weighted by Crippen LogP contribution is 2.43. The third-order valence-electron chi connectivity index (χ3n) is 10.0. The van der Waals surface area contributed by atoms with Gasteiger partial charge in [0.2, 0.25) is 0 Å². The summed E-state index contributed by atoms with van der Waals surface area (Å²) < 4.78 is 33.4. The molecule has 0 radical (unpaired) electrons. The molecule has 3 unspecified atom stereocenters. The van der Waals surface area contributed by atoms with Crippen LogP contribution < -0.4 is 0 Å². The molecule has 0 aliphatic rings. The minimum absolute atomic E-state index is 0.0463. The van der Waals surface area contributed by atoms with Gasteiger partial charge in [-0.1, -0.05) is 172 Å². The number of rotatable bonds is 45. The molecule has 3 N–H and O–H groups in total. The van der Waals surface area contributed by atoms with Gasteiger partial charge in [-0.25, -0.2) is 4.57 Å². The van der Waals surface area contributed by atoms with Crippen LogP contribution in [0.3, 0.4) is 0 Å². The number of hydrogen-bond donors (Lipinski definition) is 3. The van der Waals surface area contributed by atoms with Gasteiger partial charge in [-0.2, -0.15) is 0 Å². The summed E-state index contributed by atoms with van der Waals surface area (Å²) in [6, 6.07) is 0. The zero-order valence-corrected chi connectivity index (χ0v) is 37.7. The molecule has 0 saturated carbocycles. The third-order valence-corrected chi connectivity index (χ3v) is 11.0. The van der Waals surface area contributed by atoms with Crippen molar-refractivity contribution in [2.75, 3.05) is 33.0 Å².